The van der Waals surface area contributed by atoms with Gasteiger partial charge in [0.15, 0.2) is 11.6 Å². The highest BCUT2D eigenvalue weighted by molar-refractivity contribution is 6.37. The zero-order chi connectivity index (χ0) is 25.4. The lowest BCUT2D eigenvalue weighted by Crippen LogP contribution is -2.69. The van der Waals surface area contributed by atoms with Crippen LogP contribution in [0.15, 0.2) is 35.5 Å². The van der Waals surface area contributed by atoms with Gasteiger partial charge in [-0.25, -0.2) is 14.1 Å². The molecular weight excluding hydrogens is 504 g/mol. The fourth-order valence-electron chi connectivity index (χ4n) is 4.68. The van der Waals surface area contributed by atoms with Gasteiger partial charge in [-0.3, -0.25) is 14.8 Å². The Bertz CT molecular complexity index is 1440. The zero-order valence-corrected chi connectivity index (χ0v) is 19.4. The molecule has 3 aliphatic heterocycles. The number of nitrogens with zero attached hydrogens (tertiary/aromatic N) is 6. The van der Waals surface area contributed by atoms with Gasteiger partial charge in [-0.1, -0.05) is 11.6 Å². The van der Waals surface area contributed by atoms with Crippen molar-refractivity contribution in [2.24, 2.45) is 4.99 Å². The third kappa shape index (κ3) is 3.42. The van der Waals surface area contributed by atoms with Crippen LogP contribution >= 0.6 is 11.6 Å². The number of hydrogen-bond donors (Lipinski definition) is 0. The topological polar surface area (TPSA) is 85.5 Å². The summed E-state index contributed by atoms with van der Waals surface area (Å²) >= 11 is 6.30. The first kappa shape index (κ1) is 23.0. The molecule has 186 valence electrons. The number of aliphatic imine (C=N–C) groups is 1. The minimum absolute atomic E-state index is 0.0742. The van der Waals surface area contributed by atoms with Crippen LogP contribution in [-0.2, 0) is 10.9 Å². The summed E-state index contributed by atoms with van der Waals surface area (Å²) in [6.07, 6.45) is -2.60. The first-order valence-electron chi connectivity index (χ1n) is 11.1. The number of halogens is 5. The van der Waals surface area contributed by atoms with Crippen molar-refractivity contribution >= 4 is 23.2 Å². The van der Waals surface area contributed by atoms with E-state index >= 15 is 0 Å². The molecule has 2 saturated heterocycles. The third-order valence-corrected chi connectivity index (χ3v) is 7.00. The number of rotatable bonds is 2. The van der Waals surface area contributed by atoms with Crippen LogP contribution in [0, 0.1) is 5.82 Å². The number of fused-ring (bicyclic) bond motifs is 3. The maximum atomic E-state index is 14.7. The number of benzene rings is 1. The smallest absolute Gasteiger partial charge is 0.371 e. The predicted octanol–water partition coefficient (Wildman–Crippen LogP) is 4.00. The van der Waals surface area contributed by atoms with Crippen molar-refractivity contribution in [2.75, 3.05) is 19.7 Å². The molecule has 2 fully saturated rings. The summed E-state index contributed by atoms with van der Waals surface area (Å²) in [6.45, 7) is 3.11. The van der Waals surface area contributed by atoms with E-state index in [2.05, 4.69) is 20.1 Å². The molecule has 0 bridgehead atoms. The van der Waals surface area contributed by atoms with Crippen LogP contribution in [0.1, 0.15) is 52.7 Å². The molecule has 0 unspecified atom stereocenters. The second kappa shape index (κ2) is 7.81. The van der Waals surface area contributed by atoms with Crippen LogP contribution in [0.4, 0.5) is 17.6 Å². The Hall–Kier alpha value is -3.38. The van der Waals surface area contributed by atoms with E-state index < -0.39 is 34.5 Å². The fraction of sp³-hybridized carbons (Fsp3) is 0.348. The first-order chi connectivity index (χ1) is 17.1. The normalized spacial score (nSPS) is 20.1. The maximum Gasteiger partial charge on any atom is 0.417 e. The first-order valence-corrected chi connectivity index (χ1v) is 11.5. The Morgan fingerprint density at radius 1 is 1.25 bits per heavy atom. The molecule has 1 atom stereocenters. The third-order valence-electron chi connectivity index (χ3n) is 6.60. The molecule has 1 spiro atoms. The molecule has 2 aromatic heterocycles. The van der Waals surface area contributed by atoms with E-state index in [0.717, 1.165) is 24.6 Å². The summed E-state index contributed by atoms with van der Waals surface area (Å²) in [6, 6.07) is 3.63. The predicted molar refractivity (Wildman–Crippen MR) is 119 cm³/mol. The van der Waals surface area contributed by atoms with Gasteiger partial charge in [-0.05, 0) is 31.2 Å². The van der Waals surface area contributed by atoms with E-state index in [0.29, 0.717) is 19.7 Å². The van der Waals surface area contributed by atoms with Crippen LogP contribution in [-0.4, -0.2) is 61.6 Å². The van der Waals surface area contributed by atoms with Crippen molar-refractivity contribution in [3.05, 3.63) is 69.8 Å². The monoisotopic (exact) mass is 520 g/mol. The highest BCUT2D eigenvalue weighted by Crippen LogP contribution is 2.42. The van der Waals surface area contributed by atoms with Crippen LogP contribution in [0.3, 0.4) is 0 Å². The molecule has 0 saturated carbocycles. The van der Waals surface area contributed by atoms with Gasteiger partial charge in [0, 0.05) is 18.2 Å². The van der Waals surface area contributed by atoms with E-state index in [1.807, 2.05) is 0 Å². The Balaban J connectivity index is 1.50. The van der Waals surface area contributed by atoms with Crippen molar-refractivity contribution < 1.29 is 27.1 Å². The number of amides is 1. The highest BCUT2D eigenvalue weighted by atomic mass is 35.5. The summed E-state index contributed by atoms with van der Waals surface area (Å²) in [5, 5.41) is 3.65. The number of likely N-dealkylation sites (tertiary alicyclic amines) is 1. The van der Waals surface area contributed by atoms with Gasteiger partial charge in [0.25, 0.3) is 5.91 Å². The van der Waals surface area contributed by atoms with Crippen LogP contribution < -0.4 is 0 Å². The summed E-state index contributed by atoms with van der Waals surface area (Å²) in [5.41, 5.74) is -1.97. The molecule has 8 nitrogen and oxygen atoms in total. The average Bonchev–Trinajstić information content (AvgIpc) is 3.16. The Morgan fingerprint density at radius 3 is 2.64 bits per heavy atom. The molecule has 0 N–H and O–H groups in total. The average molecular weight is 521 g/mol. The van der Waals surface area contributed by atoms with Crippen LogP contribution in [0.2, 0.25) is 5.02 Å². The van der Waals surface area contributed by atoms with E-state index in [4.69, 9.17) is 16.3 Å². The minimum atomic E-state index is -4.78. The molecule has 6 rings (SSSR count). The molecular formula is C23H17ClF4N6O2. The van der Waals surface area contributed by atoms with Crippen molar-refractivity contribution in [1.29, 1.82) is 0 Å². The lowest BCUT2D eigenvalue weighted by Gasteiger charge is -2.54. The standard InChI is InChI=1S/C23H17ClF4N6O2/c1-11-20-31-19(21(35)33-9-22(10-33)6-8-36-22)32-34(20)14-5-4-12(23(26,27)28)16(24)15(14)18(30-11)17-13(25)3-2-7-29-17/h2-5,7,11H,6,8-10H2,1H3/t11-/m0/s1. The minimum Gasteiger partial charge on any atom is -0.371 e. The van der Waals surface area contributed by atoms with Gasteiger partial charge >= 0.3 is 6.18 Å². The number of carbonyl (C=O) groups excluding carboxylic acids is 1. The fourth-order valence-corrected chi connectivity index (χ4v) is 5.04. The molecule has 36 heavy (non-hydrogen) atoms. The summed E-state index contributed by atoms with van der Waals surface area (Å²) in [4.78, 5) is 27.4. The summed E-state index contributed by atoms with van der Waals surface area (Å²) < 4.78 is 62.7. The molecule has 5 heterocycles. The van der Waals surface area contributed by atoms with Crippen molar-refractivity contribution in [2.45, 2.75) is 31.2 Å². The van der Waals surface area contributed by atoms with Gasteiger partial charge in [0.1, 0.15) is 17.3 Å². The maximum absolute atomic E-state index is 14.7. The van der Waals surface area contributed by atoms with Crippen molar-refractivity contribution in [3.63, 3.8) is 0 Å². The number of alkyl halides is 3. The van der Waals surface area contributed by atoms with Gasteiger partial charge in [-0.2, -0.15) is 13.2 Å². The van der Waals surface area contributed by atoms with Gasteiger partial charge < -0.3 is 9.64 Å². The summed E-state index contributed by atoms with van der Waals surface area (Å²) in [5.74, 6) is -1.15. The number of pyridine rings is 1. The molecule has 1 amide bonds. The Kier molecular flexibility index (Phi) is 5.00. The molecule has 13 heteroatoms. The Labute approximate surface area is 206 Å². The quantitative estimate of drug-likeness (QED) is 0.477. The molecule has 0 aliphatic carbocycles. The highest BCUT2D eigenvalue weighted by Gasteiger charge is 2.51. The number of aromatic nitrogens is 4. The second-order valence-corrected chi connectivity index (χ2v) is 9.33. The lowest BCUT2D eigenvalue weighted by atomic mass is 9.86. The zero-order valence-electron chi connectivity index (χ0n) is 18.7. The number of hydrogen-bond acceptors (Lipinski definition) is 6. The van der Waals surface area contributed by atoms with E-state index in [1.54, 1.807) is 11.8 Å². The van der Waals surface area contributed by atoms with Crippen LogP contribution in [0.5, 0.6) is 0 Å². The van der Waals surface area contributed by atoms with Gasteiger partial charge in [-0.15, -0.1) is 5.10 Å². The SMILES string of the molecule is C[C@@H]1N=C(c2ncccc2F)c2c(ccc(C(F)(F)F)c2Cl)-n2nc(C(=O)N3CC4(CCO4)C3)nc21. The molecule has 1 aromatic carbocycles. The lowest BCUT2D eigenvalue weighted by molar-refractivity contribution is -0.209. The van der Waals surface area contributed by atoms with E-state index in [-0.39, 0.29) is 39.9 Å². The number of carbonyl (C=O) groups is 1. The summed E-state index contributed by atoms with van der Waals surface area (Å²) in [7, 11) is 0. The van der Waals surface area contributed by atoms with E-state index in [9.17, 15) is 22.4 Å². The van der Waals surface area contributed by atoms with Crippen LogP contribution in [0.25, 0.3) is 5.69 Å². The largest absolute Gasteiger partial charge is 0.417 e. The van der Waals surface area contributed by atoms with Crippen molar-refractivity contribution in [3.8, 4) is 5.69 Å². The van der Waals surface area contributed by atoms with Gasteiger partial charge in [0.05, 0.1) is 41.7 Å². The second-order valence-electron chi connectivity index (χ2n) is 8.95. The van der Waals surface area contributed by atoms with Crippen molar-refractivity contribution in [1.82, 2.24) is 24.6 Å². The van der Waals surface area contributed by atoms with E-state index in [1.165, 1.54) is 16.9 Å². The van der Waals surface area contributed by atoms with Gasteiger partial charge in [0.2, 0.25) is 5.82 Å². The molecule has 3 aliphatic rings. The molecule has 3 aromatic rings. The molecule has 0 radical (unpaired) electrons. The number of ether oxygens (including phenoxy) is 1. The Morgan fingerprint density at radius 2 is 2.00 bits per heavy atom.